The van der Waals surface area contributed by atoms with Gasteiger partial charge in [0.05, 0.1) is 5.69 Å². The Labute approximate surface area is 189 Å². The molecule has 0 saturated heterocycles. The van der Waals surface area contributed by atoms with Crippen molar-refractivity contribution in [3.63, 3.8) is 0 Å². The summed E-state index contributed by atoms with van der Waals surface area (Å²) in [4.78, 5) is 21.2. The minimum Gasteiger partial charge on any atom is -0.340 e. The van der Waals surface area contributed by atoms with Gasteiger partial charge in [-0.3, -0.25) is 4.79 Å². The summed E-state index contributed by atoms with van der Waals surface area (Å²) in [6.45, 7) is 4.04. The summed E-state index contributed by atoms with van der Waals surface area (Å²) in [6.07, 6.45) is 1.54. The molecule has 3 aromatic carbocycles. The number of nitrogens with zero attached hydrogens (tertiary/aromatic N) is 2. The largest absolute Gasteiger partial charge is 0.340 e. The SMILES string of the molecule is Cc1cccc(-c2cc(Nc3ccc(C(=O)Nc4ccc(Br)c(C)c4)cc3)ncn2)c1. The van der Waals surface area contributed by atoms with Crippen LogP contribution in [-0.2, 0) is 0 Å². The monoisotopic (exact) mass is 472 g/mol. The minimum absolute atomic E-state index is 0.156. The number of carbonyl (C=O) groups excluding carboxylic acids is 1. The maximum absolute atomic E-state index is 12.5. The average Bonchev–Trinajstić information content (AvgIpc) is 2.77. The van der Waals surface area contributed by atoms with Crippen LogP contribution in [0.1, 0.15) is 21.5 Å². The first kappa shape index (κ1) is 20.8. The van der Waals surface area contributed by atoms with E-state index < -0.39 is 0 Å². The highest BCUT2D eigenvalue weighted by atomic mass is 79.9. The number of aromatic nitrogens is 2. The second-order valence-corrected chi connectivity index (χ2v) is 8.13. The summed E-state index contributed by atoms with van der Waals surface area (Å²) in [6, 6.07) is 23.1. The van der Waals surface area contributed by atoms with E-state index in [-0.39, 0.29) is 5.91 Å². The van der Waals surface area contributed by atoms with Gasteiger partial charge >= 0.3 is 0 Å². The molecule has 0 bridgehead atoms. The molecule has 31 heavy (non-hydrogen) atoms. The first-order valence-corrected chi connectivity index (χ1v) is 10.6. The summed E-state index contributed by atoms with van der Waals surface area (Å²) in [5.74, 6) is 0.533. The zero-order valence-electron chi connectivity index (χ0n) is 17.2. The lowest BCUT2D eigenvalue weighted by molar-refractivity contribution is 0.102. The quantitative estimate of drug-likeness (QED) is 0.346. The Hall–Kier alpha value is -3.51. The van der Waals surface area contributed by atoms with Gasteiger partial charge in [0.2, 0.25) is 0 Å². The van der Waals surface area contributed by atoms with E-state index in [1.165, 1.54) is 5.56 Å². The summed E-state index contributed by atoms with van der Waals surface area (Å²) in [5, 5.41) is 6.19. The normalized spacial score (nSPS) is 10.5. The predicted octanol–water partition coefficient (Wildman–Crippen LogP) is 6.52. The maximum atomic E-state index is 12.5. The van der Waals surface area contributed by atoms with Gasteiger partial charge in [-0.25, -0.2) is 9.97 Å². The van der Waals surface area contributed by atoms with E-state index in [1.807, 2.05) is 55.5 Å². The molecule has 0 atom stereocenters. The highest BCUT2D eigenvalue weighted by molar-refractivity contribution is 9.10. The average molecular weight is 473 g/mol. The van der Waals surface area contributed by atoms with E-state index in [2.05, 4.69) is 55.6 Å². The fourth-order valence-electron chi connectivity index (χ4n) is 3.17. The number of hydrogen-bond acceptors (Lipinski definition) is 4. The van der Waals surface area contributed by atoms with Crippen LogP contribution >= 0.6 is 15.9 Å². The van der Waals surface area contributed by atoms with E-state index in [0.29, 0.717) is 11.4 Å². The van der Waals surface area contributed by atoms with Crippen LogP contribution in [0.15, 0.2) is 83.6 Å². The standard InChI is InChI=1S/C25H21BrN4O/c1-16-4-3-5-19(12-16)23-14-24(28-15-27-23)29-20-8-6-18(7-9-20)25(31)30-21-10-11-22(26)17(2)13-21/h3-15H,1-2H3,(H,30,31)(H,27,28,29). The van der Waals surface area contributed by atoms with Crippen molar-refractivity contribution >= 4 is 39.0 Å². The van der Waals surface area contributed by atoms with Crippen molar-refractivity contribution in [1.29, 1.82) is 0 Å². The van der Waals surface area contributed by atoms with Crippen LogP contribution in [0.3, 0.4) is 0 Å². The van der Waals surface area contributed by atoms with Crippen LogP contribution < -0.4 is 10.6 Å². The molecule has 2 N–H and O–H groups in total. The molecule has 1 heterocycles. The second kappa shape index (κ2) is 9.10. The molecular formula is C25H21BrN4O. The summed E-state index contributed by atoms with van der Waals surface area (Å²) in [5.41, 5.74) is 6.31. The van der Waals surface area contributed by atoms with Crippen LogP contribution in [-0.4, -0.2) is 15.9 Å². The van der Waals surface area contributed by atoms with E-state index in [9.17, 15) is 4.79 Å². The lowest BCUT2D eigenvalue weighted by atomic mass is 10.1. The highest BCUT2D eigenvalue weighted by Crippen LogP contribution is 2.23. The maximum Gasteiger partial charge on any atom is 0.255 e. The third kappa shape index (κ3) is 5.16. The molecule has 0 saturated carbocycles. The van der Waals surface area contributed by atoms with Gasteiger partial charge in [0.15, 0.2) is 0 Å². The number of amides is 1. The van der Waals surface area contributed by atoms with Crippen LogP contribution in [0.5, 0.6) is 0 Å². The van der Waals surface area contributed by atoms with Gasteiger partial charge in [0, 0.05) is 33.0 Å². The first-order valence-electron chi connectivity index (χ1n) is 9.81. The van der Waals surface area contributed by atoms with Crippen molar-refractivity contribution in [2.45, 2.75) is 13.8 Å². The van der Waals surface area contributed by atoms with Crippen molar-refractivity contribution in [3.8, 4) is 11.3 Å². The number of halogens is 1. The summed E-state index contributed by atoms with van der Waals surface area (Å²) < 4.78 is 1.01. The van der Waals surface area contributed by atoms with E-state index in [1.54, 1.807) is 18.5 Å². The molecule has 0 unspecified atom stereocenters. The number of aryl methyl sites for hydroxylation is 2. The highest BCUT2D eigenvalue weighted by Gasteiger charge is 2.08. The predicted molar refractivity (Wildman–Crippen MR) is 129 cm³/mol. The molecule has 4 aromatic rings. The van der Waals surface area contributed by atoms with Crippen molar-refractivity contribution in [1.82, 2.24) is 9.97 Å². The van der Waals surface area contributed by atoms with E-state index in [4.69, 9.17) is 0 Å². The molecule has 0 radical (unpaired) electrons. The number of carbonyl (C=O) groups is 1. The molecule has 1 amide bonds. The zero-order valence-corrected chi connectivity index (χ0v) is 18.8. The Kier molecular flexibility index (Phi) is 6.09. The smallest absolute Gasteiger partial charge is 0.255 e. The number of anilines is 3. The van der Waals surface area contributed by atoms with Crippen LogP contribution in [0.2, 0.25) is 0 Å². The molecular weight excluding hydrogens is 452 g/mol. The molecule has 0 spiro atoms. The van der Waals surface area contributed by atoms with Gasteiger partial charge in [-0.1, -0.05) is 39.7 Å². The van der Waals surface area contributed by atoms with Gasteiger partial charge < -0.3 is 10.6 Å². The van der Waals surface area contributed by atoms with Gasteiger partial charge in [-0.05, 0) is 67.9 Å². The molecule has 5 nitrogen and oxygen atoms in total. The Balaban J connectivity index is 1.45. The van der Waals surface area contributed by atoms with Gasteiger partial charge in [0.25, 0.3) is 5.91 Å². The fraction of sp³-hybridized carbons (Fsp3) is 0.0800. The van der Waals surface area contributed by atoms with Gasteiger partial charge in [-0.15, -0.1) is 0 Å². The summed E-state index contributed by atoms with van der Waals surface area (Å²) >= 11 is 3.47. The third-order valence-electron chi connectivity index (χ3n) is 4.82. The lowest BCUT2D eigenvalue weighted by Crippen LogP contribution is -2.11. The van der Waals surface area contributed by atoms with E-state index >= 15 is 0 Å². The number of benzene rings is 3. The Morgan fingerprint density at radius 2 is 1.65 bits per heavy atom. The number of nitrogens with one attached hydrogen (secondary N) is 2. The van der Waals surface area contributed by atoms with E-state index in [0.717, 1.165) is 32.7 Å². The number of rotatable bonds is 5. The van der Waals surface area contributed by atoms with Gasteiger partial charge in [0.1, 0.15) is 12.1 Å². The van der Waals surface area contributed by atoms with Crippen molar-refractivity contribution < 1.29 is 4.79 Å². The molecule has 154 valence electrons. The third-order valence-corrected chi connectivity index (χ3v) is 5.71. The number of hydrogen-bond donors (Lipinski definition) is 2. The minimum atomic E-state index is -0.156. The topological polar surface area (TPSA) is 66.9 Å². The Bertz CT molecular complexity index is 1240. The fourth-order valence-corrected chi connectivity index (χ4v) is 3.41. The van der Waals surface area contributed by atoms with Crippen molar-refractivity contribution in [3.05, 3.63) is 100 Å². The molecule has 6 heteroatoms. The summed E-state index contributed by atoms with van der Waals surface area (Å²) in [7, 11) is 0. The molecule has 1 aromatic heterocycles. The second-order valence-electron chi connectivity index (χ2n) is 7.28. The molecule has 0 aliphatic rings. The molecule has 0 fully saturated rings. The van der Waals surface area contributed by atoms with Crippen molar-refractivity contribution in [2.24, 2.45) is 0 Å². The Morgan fingerprint density at radius 1 is 0.871 bits per heavy atom. The lowest BCUT2D eigenvalue weighted by Gasteiger charge is -2.10. The van der Waals surface area contributed by atoms with Crippen LogP contribution in [0.4, 0.5) is 17.2 Å². The molecule has 0 aliphatic carbocycles. The first-order chi connectivity index (χ1) is 15.0. The zero-order chi connectivity index (χ0) is 21.8. The molecule has 4 rings (SSSR count). The van der Waals surface area contributed by atoms with Crippen LogP contribution in [0, 0.1) is 13.8 Å². The Morgan fingerprint density at radius 3 is 2.39 bits per heavy atom. The van der Waals surface area contributed by atoms with Crippen molar-refractivity contribution in [2.75, 3.05) is 10.6 Å². The molecule has 0 aliphatic heterocycles. The van der Waals surface area contributed by atoms with Crippen LogP contribution in [0.25, 0.3) is 11.3 Å². The van der Waals surface area contributed by atoms with Gasteiger partial charge in [-0.2, -0.15) is 0 Å².